The van der Waals surface area contributed by atoms with E-state index >= 15 is 0 Å². The second-order valence-electron chi connectivity index (χ2n) is 4.74. The Hall–Kier alpha value is -2.41. The minimum absolute atomic E-state index is 0.0566. The van der Waals surface area contributed by atoms with Crippen LogP contribution >= 0.6 is 11.6 Å². The third kappa shape index (κ3) is 3.82. The second kappa shape index (κ2) is 7.04. The van der Waals surface area contributed by atoms with Crippen molar-refractivity contribution in [1.29, 1.82) is 0 Å². The number of aryl methyl sites for hydroxylation is 1. The molecule has 1 aromatic carbocycles. The first-order valence-electron chi connectivity index (χ1n) is 6.69. The van der Waals surface area contributed by atoms with Gasteiger partial charge in [0.05, 0.1) is 16.1 Å². The number of amides is 1. The Bertz CT molecular complexity index is 699. The van der Waals surface area contributed by atoms with Crippen LogP contribution in [0.5, 0.6) is 0 Å². The van der Waals surface area contributed by atoms with E-state index in [4.69, 9.17) is 11.6 Å². The van der Waals surface area contributed by atoms with Crippen LogP contribution in [0.25, 0.3) is 0 Å². The number of rotatable bonds is 6. The quantitative estimate of drug-likeness (QED) is 0.503. The monoisotopic (exact) mass is 322 g/mol. The molecule has 2 aromatic rings. The average Bonchev–Trinajstić information content (AvgIpc) is 2.89. The van der Waals surface area contributed by atoms with E-state index in [1.165, 1.54) is 12.1 Å². The largest absolute Gasteiger partial charge is 0.352 e. The molecule has 116 valence electrons. The first-order chi connectivity index (χ1) is 10.5. The lowest BCUT2D eigenvalue weighted by Gasteiger charge is -2.08. The number of carbonyl (C=O) groups is 1. The summed E-state index contributed by atoms with van der Waals surface area (Å²) in [5.74, 6) is -0.320. The molecule has 0 saturated heterocycles. The normalized spacial score (nSPS) is 10.5. The average molecular weight is 323 g/mol. The summed E-state index contributed by atoms with van der Waals surface area (Å²) in [4.78, 5) is 22.5. The van der Waals surface area contributed by atoms with Crippen LogP contribution in [0.15, 0.2) is 30.6 Å². The minimum atomic E-state index is -0.492. The predicted molar refractivity (Wildman–Crippen MR) is 82.0 cm³/mol. The van der Waals surface area contributed by atoms with Gasteiger partial charge in [0.2, 0.25) is 0 Å². The fourth-order valence-electron chi connectivity index (χ4n) is 2.07. The molecule has 0 spiro atoms. The number of nitrogens with one attached hydrogen (secondary N) is 1. The summed E-state index contributed by atoms with van der Waals surface area (Å²) in [5, 5.41) is 18.2. The molecular formula is C14H15ClN4O3. The lowest BCUT2D eigenvalue weighted by atomic mass is 10.1. The maximum Gasteiger partial charge on any atom is 0.273 e. The number of aromatic nitrogens is 2. The Kier molecular flexibility index (Phi) is 5.11. The number of nitro benzene ring substituents is 1. The summed E-state index contributed by atoms with van der Waals surface area (Å²) in [5.41, 5.74) is 0.624. The van der Waals surface area contributed by atoms with Crippen molar-refractivity contribution in [3.63, 3.8) is 0 Å². The smallest absolute Gasteiger partial charge is 0.273 e. The van der Waals surface area contributed by atoms with E-state index in [2.05, 4.69) is 10.4 Å². The zero-order chi connectivity index (χ0) is 16.1. The van der Waals surface area contributed by atoms with Gasteiger partial charge >= 0.3 is 0 Å². The van der Waals surface area contributed by atoms with Crippen molar-refractivity contribution in [1.82, 2.24) is 15.1 Å². The molecule has 0 aliphatic carbocycles. The van der Waals surface area contributed by atoms with Crippen LogP contribution in [0.1, 0.15) is 22.3 Å². The van der Waals surface area contributed by atoms with E-state index in [9.17, 15) is 14.9 Å². The van der Waals surface area contributed by atoms with Gasteiger partial charge in [-0.15, -0.1) is 0 Å². The Balaban J connectivity index is 1.90. The maximum absolute atomic E-state index is 12.1. The van der Waals surface area contributed by atoms with Crippen LogP contribution in [0.2, 0.25) is 5.02 Å². The molecular weight excluding hydrogens is 308 g/mol. The van der Waals surface area contributed by atoms with Crippen LogP contribution < -0.4 is 5.32 Å². The van der Waals surface area contributed by atoms with E-state index < -0.39 is 4.92 Å². The van der Waals surface area contributed by atoms with E-state index in [0.29, 0.717) is 35.7 Å². The van der Waals surface area contributed by atoms with Gasteiger partial charge in [-0.2, -0.15) is 5.10 Å². The molecule has 0 aliphatic heterocycles. The minimum Gasteiger partial charge on any atom is -0.352 e. The van der Waals surface area contributed by atoms with Crippen LogP contribution in [0, 0.1) is 17.0 Å². The van der Waals surface area contributed by atoms with E-state index in [1.54, 1.807) is 30.1 Å². The Labute approximate surface area is 132 Å². The molecule has 22 heavy (non-hydrogen) atoms. The molecule has 0 aliphatic rings. The summed E-state index contributed by atoms with van der Waals surface area (Å²) in [6.07, 6.45) is 3.93. The summed E-state index contributed by atoms with van der Waals surface area (Å²) in [6.45, 7) is 2.64. The van der Waals surface area contributed by atoms with Crippen molar-refractivity contribution in [2.45, 2.75) is 19.9 Å². The van der Waals surface area contributed by atoms with Crippen molar-refractivity contribution in [3.05, 3.63) is 56.9 Å². The Morgan fingerprint density at radius 1 is 1.50 bits per heavy atom. The van der Waals surface area contributed by atoms with Gasteiger partial charge in [-0.1, -0.05) is 17.7 Å². The van der Waals surface area contributed by atoms with Gasteiger partial charge in [0.25, 0.3) is 11.6 Å². The number of nitrogens with zero attached hydrogens (tertiary/aromatic N) is 3. The molecule has 0 unspecified atom stereocenters. The molecule has 1 N–H and O–H groups in total. The summed E-state index contributed by atoms with van der Waals surface area (Å²) >= 11 is 5.75. The van der Waals surface area contributed by atoms with Gasteiger partial charge in [0.1, 0.15) is 0 Å². The molecule has 0 radical (unpaired) electrons. The number of benzene rings is 1. The van der Waals surface area contributed by atoms with Gasteiger partial charge in [0, 0.05) is 36.5 Å². The van der Waals surface area contributed by atoms with Crippen molar-refractivity contribution in [2.24, 2.45) is 0 Å². The van der Waals surface area contributed by atoms with Gasteiger partial charge in [-0.3, -0.25) is 19.6 Å². The highest BCUT2D eigenvalue weighted by atomic mass is 35.5. The molecule has 7 nitrogen and oxygen atoms in total. The predicted octanol–water partition coefficient (Wildman–Crippen LogP) is 2.57. The number of hydrogen-bond acceptors (Lipinski definition) is 4. The highest BCUT2D eigenvalue weighted by molar-refractivity contribution is 6.30. The third-order valence-electron chi connectivity index (χ3n) is 3.20. The summed E-state index contributed by atoms with van der Waals surface area (Å²) in [6, 6.07) is 4.46. The summed E-state index contributed by atoms with van der Waals surface area (Å²) in [7, 11) is 0. The lowest BCUT2D eigenvalue weighted by molar-refractivity contribution is -0.385. The third-order valence-corrected chi connectivity index (χ3v) is 3.39. The Morgan fingerprint density at radius 3 is 2.91 bits per heavy atom. The zero-order valence-corrected chi connectivity index (χ0v) is 12.7. The molecule has 8 heteroatoms. The van der Waals surface area contributed by atoms with Gasteiger partial charge < -0.3 is 5.32 Å². The van der Waals surface area contributed by atoms with Crippen molar-refractivity contribution >= 4 is 23.2 Å². The molecule has 0 fully saturated rings. The highest BCUT2D eigenvalue weighted by Gasteiger charge is 2.17. The SMILES string of the molecule is Cc1c(C(=O)NCCCn2cc(Cl)cn2)cccc1[N+](=O)[O-]. The van der Waals surface area contributed by atoms with Crippen LogP contribution in [-0.4, -0.2) is 27.2 Å². The van der Waals surface area contributed by atoms with Gasteiger partial charge in [0.15, 0.2) is 0 Å². The Morgan fingerprint density at radius 2 is 2.27 bits per heavy atom. The van der Waals surface area contributed by atoms with Crippen molar-refractivity contribution in [3.8, 4) is 0 Å². The number of carbonyl (C=O) groups excluding carboxylic acids is 1. The lowest BCUT2D eigenvalue weighted by Crippen LogP contribution is -2.26. The van der Waals surface area contributed by atoms with E-state index in [1.807, 2.05) is 0 Å². The first kappa shape index (κ1) is 16.0. The molecule has 1 aromatic heterocycles. The van der Waals surface area contributed by atoms with Crippen molar-refractivity contribution < 1.29 is 9.72 Å². The molecule has 2 rings (SSSR count). The van der Waals surface area contributed by atoms with E-state index in [-0.39, 0.29) is 11.6 Å². The topological polar surface area (TPSA) is 90.1 Å². The maximum atomic E-state index is 12.1. The number of nitro groups is 1. The van der Waals surface area contributed by atoms with Crippen LogP contribution in [0.4, 0.5) is 5.69 Å². The molecule has 0 bridgehead atoms. The van der Waals surface area contributed by atoms with Gasteiger partial charge in [-0.25, -0.2) is 0 Å². The zero-order valence-electron chi connectivity index (χ0n) is 12.0. The number of hydrogen-bond donors (Lipinski definition) is 1. The molecule has 0 atom stereocenters. The van der Waals surface area contributed by atoms with Gasteiger partial charge in [-0.05, 0) is 19.4 Å². The standard InChI is InChI=1S/C14H15ClN4O3/c1-10-12(4-2-5-13(10)19(21)22)14(20)16-6-3-7-18-9-11(15)8-17-18/h2,4-5,8-9H,3,6-7H2,1H3,(H,16,20). The molecule has 1 amide bonds. The van der Waals surface area contributed by atoms with Crippen LogP contribution in [0.3, 0.4) is 0 Å². The molecule has 0 saturated carbocycles. The van der Waals surface area contributed by atoms with E-state index in [0.717, 1.165) is 0 Å². The highest BCUT2D eigenvalue weighted by Crippen LogP contribution is 2.20. The molecule has 1 heterocycles. The van der Waals surface area contributed by atoms with Crippen LogP contribution in [-0.2, 0) is 6.54 Å². The number of halogens is 1. The van der Waals surface area contributed by atoms with Crippen molar-refractivity contribution in [2.75, 3.05) is 6.54 Å². The summed E-state index contributed by atoms with van der Waals surface area (Å²) < 4.78 is 1.69. The fraction of sp³-hybridized carbons (Fsp3) is 0.286. The second-order valence-corrected chi connectivity index (χ2v) is 5.17. The fourth-order valence-corrected chi connectivity index (χ4v) is 2.22. The first-order valence-corrected chi connectivity index (χ1v) is 7.07.